The van der Waals surface area contributed by atoms with Gasteiger partial charge in [0.1, 0.15) is 0 Å². The molecule has 0 aliphatic carbocycles. The zero-order valence-corrected chi connectivity index (χ0v) is 9.86. The van der Waals surface area contributed by atoms with Crippen LogP contribution in [0.3, 0.4) is 0 Å². The first-order chi connectivity index (χ1) is 8.59. The van der Waals surface area contributed by atoms with Crippen LogP contribution < -0.4 is 10.5 Å². The molecule has 0 aliphatic rings. The molecule has 0 heterocycles. The summed E-state index contributed by atoms with van der Waals surface area (Å²) >= 11 is 0. The van der Waals surface area contributed by atoms with Crippen molar-refractivity contribution in [2.24, 2.45) is 5.73 Å². The van der Waals surface area contributed by atoms with Gasteiger partial charge in [-0.05, 0) is 25.1 Å². The summed E-state index contributed by atoms with van der Waals surface area (Å²) in [6.45, 7) is 1.71. The van der Waals surface area contributed by atoms with E-state index < -0.39 is 17.7 Å². The van der Waals surface area contributed by atoms with E-state index in [-0.39, 0.29) is 11.5 Å². The van der Waals surface area contributed by atoms with Gasteiger partial charge >= 0.3 is 0 Å². The third-order valence-corrected chi connectivity index (χ3v) is 2.54. The minimum absolute atomic E-state index is 0.0236. The molecule has 0 fully saturated rings. The normalized spacial score (nSPS) is 12.2. The molecule has 0 unspecified atom stereocenters. The average molecular weight is 249 g/mol. The maximum absolute atomic E-state index is 13.7. The molecule has 1 atom stereocenters. The van der Waals surface area contributed by atoms with E-state index >= 15 is 0 Å². The quantitative estimate of drug-likeness (QED) is 0.898. The van der Waals surface area contributed by atoms with Gasteiger partial charge in [0.05, 0.1) is 0 Å². The lowest BCUT2D eigenvalue weighted by Crippen LogP contribution is -2.08. The fourth-order valence-electron chi connectivity index (χ4n) is 1.63. The minimum Gasteiger partial charge on any atom is -0.451 e. The zero-order chi connectivity index (χ0) is 13.1. The second-order valence-electron chi connectivity index (χ2n) is 3.98. The summed E-state index contributed by atoms with van der Waals surface area (Å²) in [7, 11) is 0. The van der Waals surface area contributed by atoms with Crippen molar-refractivity contribution < 1.29 is 13.5 Å². The number of halogens is 2. The van der Waals surface area contributed by atoms with Crippen molar-refractivity contribution in [3.05, 3.63) is 59.7 Å². The molecule has 0 bridgehead atoms. The Balaban J connectivity index is 2.43. The second-order valence-corrected chi connectivity index (χ2v) is 3.98. The monoisotopic (exact) mass is 249 g/mol. The number of nitrogens with two attached hydrogens (primary N) is 1. The first-order valence-corrected chi connectivity index (χ1v) is 5.56. The van der Waals surface area contributed by atoms with E-state index in [1.165, 1.54) is 24.3 Å². The number of ether oxygens (including phenoxy) is 1. The maximum Gasteiger partial charge on any atom is 0.167 e. The van der Waals surface area contributed by atoms with Crippen LogP contribution in [0.2, 0.25) is 0 Å². The van der Waals surface area contributed by atoms with Crippen LogP contribution in [0.1, 0.15) is 18.5 Å². The van der Waals surface area contributed by atoms with Crippen molar-refractivity contribution in [2.75, 3.05) is 0 Å². The van der Waals surface area contributed by atoms with Gasteiger partial charge in [-0.2, -0.15) is 0 Å². The van der Waals surface area contributed by atoms with Crippen LogP contribution in [0.5, 0.6) is 11.5 Å². The second kappa shape index (κ2) is 5.14. The molecule has 0 aromatic heterocycles. The Labute approximate surface area is 104 Å². The lowest BCUT2D eigenvalue weighted by Gasteiger charge is -2.14. The van der Waals surface area contributed by atoms with Crippen molar-refractivity contribution in [2.45, 2.75) is 13.0 Å². The van der Waals surface area contributed by atoms with Crippen LogP contribution in [0, 0.1) is 11.6 Å². The maximum atomic E-state index is 13.7. The summed E-state index contributed by atoms with van der Waals surface area (Å²) in [4.78, 5) is 0. The van der Waals surface area contributed by atoms with E-state index in [0.717, 1.165) is 0 Å². The van der Waals surface area contributed by atoms with Gasteiger partial charge in [-0.15, -0.1) is 0 Å². The van der Waals surface area contributed by atoms with Crippen LogP contribution in [-0.2, 0) is 0 Å². The highest BCUT2D eigenvalue weighted by Gasteiger charge is 2.15. The van der Waals surface area contributed by atoms with Gasteiger partial charge in [-0.25, -0.2) is 8.78 Å². The largest absolute Gasteiger partial charge is 0.451 e. The van der Waals surface area contributed by atoms with Crippen LogP contribution in [0.4, 0.5) is 8.78 Å². The Morgan fingerprint density at radius 2 is 1.67 bits per heavy atom. The highest BCUT2D eigenvalue weighted by molar-refractivity contribution is 5.40. The topological polar surface area (TPSA) is 35.2 Å². The Bertz CT molecular complexity index is 555. The van der Waals surface area contributed by atoms with Crippen molar-refractivity contribution in [1.29, 1.82) is 0 Å². The average Bonchev–Trinajstić information content (AvgIpc) is 2.34. The molecule has 94 valence electrons. The summed E-state index contributed by atoms with van der Waals surface area (Å²) in [5, 5.41) is 0. The van der Waals surface area contributed by atoms with Gasteiger partial charge in [0, 0.05) is 11.6 Å². The first-order valence-electron chi connectivity index (χ1n) is 5.56. The van der Waals surface area contributed by atoms with Gasteiger partial charge in [-0.1, -0.05) is 24.3 Å². The van der Waals surface area contributed by atoms with Crippen LogP contribution in [0.15, 0.2) is 42.5 Å². The Kier molecular flexibility index (Phi) is 3.58. The molecule has 2 rings (SSSR count). The van der Waals surface area contributed by atoms with Gasteiger partial charge in [-0.3, -0.25) is 0 Å². The molecule has 2 nitrogen and oxygen atoms in total. The lowest BCUT2D eigenvalue weighted by atomic mass is 10.1. The molecule has 18 heavy (non-hydrogen) atoms. The molecular formula is C14H13F2NO. The summed E-state index contributed by atoms with van der Waals surface area (Å²) in [5.74, 6) is -1.16. The predicted molar refractivity (Wildman–Crippen MR) is 65.5 cm³/mol. The number of hydrogen-bond acceptors (Lipinski definition) is 2. The third kappa shape index (κ3) is 2.49. The zero-order valence-electron chi connectivity index (χ0n) is 9.86. The fourth-order valence-corrected chi connectivity index (χ4v) is 1.63. The van der Waals surface area contributed by atoms with E-state index in [0.29, 0.717) is 5.56 Å². The number of rotatable bonds is 3. The van der Waals surface area contributed by atoms with E-state index in [1.807, 2.05) is 0 Å². The summed E-state index contributed by atoms with van der Waals surface area (Å²) in [5.41, 5.74) is 6.23. The third-order valence-electron chi connectivity index (χ3n) is 2.54. The minimum atomic E-state index is -0.562. The molecule has 2 N–H and O–H groups in total. The van der Waals surface area contributed by atoms with E-state index in [2.05, 4.69) is 0 Å². The Hall–Kier alpha value is -1.94. The fraction of sp³-hybridized carbons (Fsp3) is 0.143. The molecule has 0 amide bonds. The van der Waals surface area contributed by atoms with Gasteiger partial charge in [0.15, 0.2) is 23.1 Å². The molecule has 0 spiro atoms. The van der Waals surface area contributed by atoms with Crippen LogP contribution in [0.25, 0.3) is 0 Å². The smallest absolute Gasteiger partial charge is 0.167 e. The van der Waals surface area contributed by atoms with Crippen LogP contribution in [-0.4, -0.2) is 0 Å². The standard InChI is InChI=1S/C14H13F2NO/c1-9(17)10-5-4-7-12(16)14(10)18-13-8-3-2-6-11(13)15/h2-9H,17H2,1H3/t9-/m0/s1. The number of hydrogen-bond donors (Lipinski definition) is 1. The van der Waals surface area contributed by atoms with Crippen molar-refractivity contribution in [3.63, 3.8) is 0 Å². The number of benzene rings is 2. The number of para-hydroxylation sites is 2. The van der Waals surface area contributed by atoms with E-state index in [4.69, 9.17) is 10.5 Å². The molecule has 2 aromatic rings. The highest BCUT2D eigenvalue weighted by atomic mass is 19.1. The van der Waals surface area contributed by atoms with Crippen molar-refractivity contribution in [3.8, 4) is 11.5 Å². The summed E-state index contributed by atoms with van der Waals surface area (Å²) in [6, 6.07) is 9.89. The molecular weight excluding hydrogens is 236 g/mol. The lowest BCUT2D eigenvalue weighted by molar-refractivity contribution is 0.407. The molecule has 4 heteroatoms. The molecule has 0 saturated carbocycles. The highest BCUT2D eigenvalue weighted by Crippen LogP contribution is 2.32. The summed E-state index contributed by atoms with van der Waals surface area (Å²) in [6.07, 6.45) is 0. The van der Waals surface area contributed by atoms with Crippen molar-refractivity contribution >= 4 is 0 Å². The van der Waals surface area contributed by atoms with Gasteiger partial charge in [0.25, 0.3) is 0 Å². The molecule has 0 aliphatic heterocycles. The predicted octanol–water partition coefficient (Wildman–Crippen LogP) is 3.78. The first kappa shape index (κ1) is 12.5. The van der Waals surface area contributed by atoms with E-state index in [9.17, 15) is 8.78 Å². The molecule has 0 saturated heterocycles. The van der Waals surface area contributed by atoms with E-state index in [1.54, 1.807) is 25.1 Å². The SMILES string of the molecule is C[C@H](N)c1cccc(F)c1Oc1ccccc1F. The van der Waals surface area contributed by atoms with Crippen LogP contribution >= 0.6 is 0 Å². The van der Waals surface area contributed by atoms with Gasteiger partial charge < -0.3 is 10.5 Å². The summed E-state index contributed by atoms with van der Waals surface area (Å²) < 4.78 is 32.5. The molecule has 2 aromatic carbocycles. The molecule has 0 radical (unpaired) electrons. The van der Waals surface area contributed by atoms with Gasteiger partial charge in [0.2, 0.25) is 0 Å². The van der Waals surface area contributed by atoms with Crippen molar-refractivity contribution in [1.82, 2.24) is 0 Å². The Morgan fingerprint density at radius 1 is 1.00 bits per heavy atom. The Morgan fingerprint density at radius 3 is 2.33 bits per heavy atom.